The number of nitrogens with zero attached hydrogens (tertiary/aromatic N) is 2. The van der Waals surface area contributed by atoms with Crippen molar-refractivity contribution in [3.63, 3.8) is 0 Å². The Bertz CT molecular complexity index is 1140. The molecule has 4 rings (SSSR count). The van der Waals surface area contributed by atoms with Crippen molar-refractivity contribution in [1.29, 1.82) is 0 Å². The predicted octanol–water partition coefficient (Wildman–Crippen LogP) is 5.02. The summed E-state index contributed by atoms with van der Waals surface area (Å²) in [7, 11) is 0. The number of nitrogens with two attached hydrogens (primary N) is 1. The van der Waals surface area contributed by atoms with Crippen molar-refractivity contribution in [3.05, 3.63) is 78.5 Å². The maximum atomic E-state index is 11.0. The van der Waals surface area contributed by atoms with Gasteiger partial charge in [-0.05, 0) is 30.3 Å². The number of ether oxygens (including phenoxy) is 1. The van der Waals surface area contributed by atoms with E-state index < -0.39 is 5.97 Å². The molecular formula is C21H16N4O3S. The van der Waals surface area contributed by atoms with Crippen molar-refractivity contribution < 1.29 is 14.6 Å². The van der Waals surface area contributed by atoms with E-state index >= 15 is 0 Å². The molecule has 0 saturated carbocycles. The van der Waals surface area contributed by atoms with Gasteiger partial charge in [0.2, 0.25) is 5.06 Å². The molecule has 144 valence electrons. The highest BCUT2D eigenvalue weighted by molar-refractivity contribution is 7.17. The van der Waals surface area contributed by atoms with Crippen LogP contribution >= 0.6 is 11.3 Å². The fraction of sp³-hybridized carbons (Fsp3) is 0. The van der Waals surface area contributed by atoms with Crippen molar-refractivity contribution in [2.75, 3.05) is 11.1 Å². The number of rotatable bonds is 6. The molecule has 0 fully saturated rings. The number of anilines is 3. The van der Waals surface area contributed by atoms with Gasteiger partial charge in [0.05, 0.1) is 5.56 Å². The fourth-order valence-corrected chi connectivity index (χ4v) is 3.39. The Kier molecular flexibility index (Phi) is 5.08. The number of aromatic carboxylic acids is 1. The number of pyridine rings is 1. The summed E-state index contributed by atoms with van der Waals surface area (Å²) < 4.78 is 6.03. The Morgan fingerprint density at radius 2 is 1.83 bits per heavy atom. The van der Waals surface area contributed by atoms with Crippen LogP contribution in [0.2, 0.25) is 0 Å². The number of benzene rings is 2. The molecule has 4 N–H and O–H groups in total. The van der Waals surface area contributed by atoms with Gasteiger partial charge in [0.25, 0.3) is 0 Å². The van der Waals surface area contributed by atoms with Crippen molar-refractivity contribution in [3.8, 4) is 22.1 Å². The van der Waals surface area contributed by atoms with Crippen LogP contribution in [0.5, 0.6) is 10.8 Å². The van der Waals surface area contributed by atoms with Gasteiger partial charge >= 0.3 is 5.97 Å². The van der Waals surface area contributed by atoms with E-state index in [1.165, 1.54) is 23.5 Å². The second-order valence-electron chi connectivity index (χ2n) is 6.04. The maximum Gasteiger partial charge on any atom is 0.335 e. The molecule has 0 atom stereocenters. The number of carboxylic acids is 1. The summed E-state index contributed by atoms with van der Waals surface area (Å²) in [6, 6.07) is 19.6. The zero-order valence-electron chi connectivity index (χ0n) is 15.1. The molecule has 8 heteroatoms. The molecule has 2 heterocycles. The van der Waals surface area contributed by atoms with E-state index in [0.717, 1.165) is 5.56 Å². The minimum Gasteiger partial charge on any atom is -0.478 e. The third-order valence-electron chi connectivity index (χ3n) is 4.01. The largest absolute Gasteiger partial charge is 0.478 e. The van der Waals surface area contributed by atoms with Crippen molar-refractivity contribution in [1.82, 2.24) is 9.97 Å². The number of carboxylic acid groups (broad SMARTS) is 1. The number of carbonyl (C=O) groups is 1. The molecule has 0 saturated heterocycles. The molecular weight excluding hydrogens is 388 g/mol. The molecule has 0 aliphatic rings. The van der Waals surface area contributed by atoms with Crippen LogP contribution in [0.15, 0.2) is 72.9 Å². The molecule has 29 heavy (non-hydrogen) atoms. The Morgan fingerprint density at radius 1 is 1.07 bits per heavy atom. The van der Waals surface area contributed by atoms with E-state index in [1.54, 1.807) is 30.5 Å². The Labute approximate surface area is 170 Å². The minimum absolute atomic E-state index is 0.219. The summed E-state index contributed by atoms with van der Waals surface area (Å²) in [5.41, 5.74) is 8.43. The van der Waals surface area contributed by atoms with Gasteiger partial charge < -0.3 is 20.9 Å². The number of thiazole rings is 1. The second-order valence-corrected chi connectivity index (χ2v) is 7.03. The van der Waals surface area contributed by atoms with Crippen LogP contribution in [-0.4, -0.2) is 21.0 Å². The van der Waals surface area contributed by atoms with Gasteiger partial charge in [-0.3, -0.25) is 0 Å². The van der Waals surface area contributed by atoms with Crippen molar-refractivity contribution in [2.45, 2.75) is 0 Å². The summed E-state index contributed by atoms with van der Waals surface area (Å²) in [5, 5.41) is 13.1. The van der Waals surface area contributed by atoms with Crippen LogP contribution in [0.3, 0.4) is 0 Å². The molecule has 0 aliphatic carbocycles. The average molecular weight is 404 g/mol. The zero-order chi connectivity index (χ0) is 20.2. The smallest absolute Gasteiger partial charge is 0.335 e. The number of nitrogen functional groups attached to an aromatic ring is 1. The molecule has 0 amide bonds. The van der Waals surface area contributed by atoms with E-state index in [4.69, 9.17) is 15.6 Å². The standard InChI is InChI=1S/C21H16N4O3S/c22-21-25-18(13-4-2-1-3-5-13)20(29-21)28-16-10-11-23-17(12-16)24-15-8-6-14(7-9-15)19(26)27/h1-12H,(H2,22,25)(H,23,24)(H,26,27). The first kappa shape index (κ1) is 18.5. The number of aromatic nitrogens is 2. The first-order valence-corrected chi connectivity index (χ1v) is 9.46. The molecule has 2 aromatic heterocycles. The van der Waals surface area contributed by atoms with E-state index in [-0.39, 0.29) is 5.56 Å². The highest BCUT2D eigenvalue weighted by Gasteiger charge is 2.14. The van der Waals surface area contributed by atoms with Gasteiger partial charge in [0.15, 0.2) is 5.13 Å². The van der Waals surface area contributed by atoms with E-state index in [1.807, 2.05) is 30.3 Å². The molecule has 0 bridgehead atoms. The Balaban J connectivity index is 1.55. The highest BCUT2D eigenvalue weighted by atomic mass is 32.1. The third-order valence-corrected chi connectivity index (χ3v) is 4.77. The zero-order valence-corrected chi connectivity index (χ0v) is 15.9. The van der Waals surface area contributed by atoms with Gasteiger partial charge in [0.1, 0.15) is 17.3 Å². The lowest BCUT2D eigenvalue weighted by Crippen LogP contribution is -1.97. The lowest BCUT2D eigenvalue weighted by Gasteiger charge is -2.09. The SMILES string of the molecule is Nc1nc(-c2ccccc2)c(Oc2ccnc(Nc3ccc(C(=O)O)cc3)c2)s1. The quantitative estimate of drug-likeness (QED) is 0.414. The first-order chi connectivity index (χ1) is 14.1. The predicted molar refractivity (Wildman–Crippen MR) is 113 cm³/mol. The molecule has 0 aliphatic heterocycles. The normalized spacial score (nSPS) is 10.5. The molecule has 0 spiro atoms. The van der Waals surface area contributed by atoms with E-state index in [0.29, 0.717) is 33.1 Å². The Morgan fingerprint density at radius 3 is 2.55 bits per heavy atom. The van der Waals surface area contributed by atoms with E-state index in [9.17, 15) is 4.79 Å². The highest BCUT2D eigenvalue weighted by Crippen LogP contribution is 2.39. The summed E-state index contributed by atoms with van der Waals surface area (Å²) in [5.74, 6) is 0.165. The lowest BCUT2D eigenvalue weighted by molar-refractivity contribution is 0.0697. The van der Waals surface area contributed by atoms with Crippen LogP contribution in [-0.2, 0) is 0 Å². The summed E-state index contributed by atoms with van der Waals surface area (Å²) in [4.78, 5) is 19.6. The van der Waals surface area contributed by atoms with Crippen LogP contribution in [0.1, 0.15) is 10.4 Å². The number of nitrogens with one attached hydrogen (secondary N) is 1. The summed E-state index contributed by atoms with van der Waals surface area (Å²) >= 11 is 1.27. The van der Waals surface area contributed by atoms with Crippen LogP contribution in [0.25, 0.3) is 11.3 Å². The molecule has 2 aromatic carbocycles. The first-order valence-electron chi connectivity index (χ1n) is 8.64. The van der Waals surface area contributed by atoms with Crippen LogP contribution in [0, 0.1) is 0 Å². The van der Waals surface area contributed by atoms with Gasteiger partial charge in [0, 0.05) is 23.5 Å². The van der Waals surface area contributed by atoms with Gasteiger partial charge in [-0.25, -0.2) is 14.8 Å². The van der Waals surface area contributed by atoms with Crippen LogP contribution < -0.4 is 15.8 Å². The van der Waals surface area contributed by atoms with Gasteiger partial charge in [-0.1, -0.05) is 41.7 Å². The van der Waals surface area contributed by atoms with Crippen molar-refractivity contribution in [2.24, 2.45) is 0 Å². The fourth-order valence-electron chi connectivity index (χ4n) is 2.66. The summed E-state index contributed by atoms with van der Waals surface area (Å²) in [6.07, 6.45) is 1.62. The monoisotopic (exact) mass is 404 g/mol. The van der Waals surface area contributed by atoms with Gasteiger partial charge in [-0.2, -0.15) is 0 Å². The summed E-state index contributed by atoms with van der Waals surface area (Å²) in [6.45, 7) is 0. The average Bonchev–Trinajstić information content (AvgIpc) is 3.09. The lowest BCUT2D eigenvalue weighted by atomic mass is 10.2. The number of hydrogen-bond acceptors (Lipinski definition) is 7. The second kappa shape index (κ2) is 7.99. The number of hydrogen-bond donors (Lipinski definition) is 3. The van der Waals surface area contributed by atoms with Crippen molar-refractivity contribution >= 4 is 33.9 Å². The molecule has 7 nitrogen and oxygen atoms in total. The molecule has 4 aromatic rings. The minimum atomic E-state index is -0.969. The third kappa shape index (κ3) is 4.33. The Hall–Kier alpha value is -3.91. The van der Waals surface area contributed by atoms with Gasteiger partial charge in [-0.15, -0.1) is 0 Å². The maximum absolute atomic E-state index is 11.0. The van der Waals surface area contributed by atoms with E-state index in [2.05, 4.69) is 15.3 Å². The van der Waals surface area contributed by atoms with Crippen LogP contribution in [0.4, 0.5) is 16.6 Å². The molecule has 0 radical (unpaired) electrons. The topological polar surface area (TPSA) is 110 Å². The molecule has 0 unspecified atom stereocenters.